The third kappa shape index (κ3) is 4.83. The van der Waals surface area contributed by atoms with Crippen molar-refractivity contribution in [2.24, 2.45) is 15.3 Å². The summed E-state index contributed by atoms with van der Waals surface area (Å²) in [5.41, 5.74) is -0.270. The maximum absolute atomic E-state index is 11.3. The van der Waals surface area contributed by atoms with Gasteiger partial charge in [0, 0.05) is 6.07 Å². The smallest absolute Gasteiger partial charge is 0.744 e. The molecular formula is C16H15N5NaO7S+. The minimum Gasteiger partial charge on any atom is -0.744 e. The molecule has 0 saturated heterocycles. The minimum absolute atomic E-state index is 0. The molecule has 12 nitrogen and oxygen atoms in total. The number of para-hydroxylation sites is 1. The van der Waals surface area contributed by atoms with Gasteiger partial charge in [-0.3, -0.25) is 0 Å². The number of aromatic hydroxyl groups is 1. The van der Waals surface area contributed by atoms with Crippen LogP contribution in [-0.2, 0) is 10.1 Å². The van der Waals surface area contributed by atoms with Gasteiger partial charge in [0.2, 0.25) is 0 Å². The average Bonchev–Trinajstić information content (AvgIpc) is 2.94. The summed E-state index contributed by atoms with van der Waals surface area (Å²) < 4.78 is 33.9. The molecule has 14 heteroatoms. The number of phenolic OH excluding ortho intramolecular Hbond substituents is 1. The Labute approximate surface area is 192 Å². The molecule has 0 spiro atoms. The standard InChI is InChI=1S/C16H15N5O7S.Na/c1-9-14(16(23)20(19-9)10-5-3-2-4-6-10)18-17-12-7-11(21(24)25)8-13(15(12)22)29(26,27)28;/h2-8,14,16,23H,1H3,(H2-,18,22,24,25,26,27,28);/q;+1. The van der Waals surface area contributed by atoms with Crippen LogP contribution in [0.3, 0.4) is 0 Å². The van der Waals surface area contributed by atoms with Crippen LogP contribution in [0.2, 0.25) is 0 Å². The number of azo groups is 1. The van der Waals surface area contributed by atoms with Gasteiger partial charge in [-0.05, 0) is 19.1 Å². The molecule has 0 radical (unpaired) electrons. The fourth-order valence-electron chi connectivity index (χ4n) is 2.65. The zero-order chi connectivity index (χ0) is 21.3. The van der Waals surface area contributed by atoms with E-state index in [-0.39, 0.29) is 29.6 Å². The number of hydrogen-bond donors (Lipinski definition) is 3. The zero-order valence-corrected chi connectivity index (χ0v) is 18.6. The quantitative estimate of drug-likeness (QED) is 0.222. The topological polar surface area (TPSA) is 178 Å². The molecule has 2 atom stereocenters. The van der Waals surface area contributed by atoms with Crippen LogP contribution >= 0.6 is 0 Å². The SMILES string of the molecule is CC1=NN(c2ccccc2)C(O)C1N=Nc1cc([N+](=O)O)cc(S(=O)(=O)[O-])c1O.[Na+]. The summed E-state index contributed by atoms with van der Waals surface area (Å²) >= 11 is 0. The number of rotatable bonds is 5. The van der Waals surface area contributed by atoms with Crippen molar-refractivity contribution >= 4 is 32.9 Å². The van der Waals surface area contributed by atoms with Gasteiger partial charge in [0.15, 0.2) is 18.0 Å². The normalized spacial score (nSPS) is 18.9. The van der Waals surface area contributed by atoms with Gasteiger partial charge in [-0.1, -0.05) is 18.2 Å². The molecule has 30 heavy (non-hydrogen) atoms. The van der Waals surface area contributed by atoms with E-state index in [1.807, 2.05) is 0 Å². The van der Waals surface area contributed by atoms with Crippen LogP contribution in [-0.4, -0.2) is 51.3 Å². The van der Waals surface area contributed by atoms with E-state index in [1.54, 1.807) is 37.3 Å². The van der Waals surface area contributed by atoms with Crippen LogP contribution in [0.15, 0.2) is 62.7 Å². The van der Waals surface area contributed by atoms with Gasteiger partial charge < -0.3 is 14.8 Å². The Hall–Kier alpha value is -2.42. The number of hydrogen-bond acceptors (Lipinski definition) is 10. The van der Waals surface area contributed by atoms with Crippen molar-refractivity contribution in [3.05, 3.63) is 47.4 Å². The number of phenols is 1. The monoisotopic (exact) mass is 444 g/mol. The number of benzene rings is 2. The first-order valence-electron chi connectivity index (χ1n) is 8.07. The molecule has 0 aliphatic carbocycles. The van der Waals surface area contributed by atoms with E-state index in [0.29, 0.717) is 17.5 Å². The van der Waals surface area contributed by atoms with E-state index in [4.69, 9.17) is 5.21 Å². The van der Waals surface area contributed by atoms with Crippen molar-refractivity contribution in [2.75, 3.05) is 5.01 Å². The molecule has 2 unspecified atom stereocenters. The second kappa shape index (κ2) is 9.16. The first kappa shape index (κ1) is 23.9. The van der Waals surface area contributed by atoms with E-state index in [0.717, 1.165) is 6.07 Å². The van der Waals surface area contributed by atoms with Crippen LogP contribution in [0.4, 0.5) is 17.1 Å². The number of aliphatic hydroxyl groups excluding tert-OH is 1. The predicted octanol–water partition coefficient (Wildman–Crippen LogP) is -1.23. The summed E-state index contributed by atoms with van der Waals surface area (Å²) in [5, 5.41) is 42.6. The average molecular weight is 444 g/mol. The molecule has 2 aromatic rings. The Bertz CT molecular complexity index is 1120. The van der Waals surface area contributed by atoms with Crippen molar-refractivity contribution < 1.29 is 62.9 Å². The van der Waals surface area contributed by atoms with Crippen LogP contribution in [0.5, 0.6) is 5.75 Å². The van der Waals surface area contributed by atoms with Crippen LogP contribution in [0.1, 0.15) is 6.92 Å². The first-order chi connectivity index (χ1) is 13.6. The van der Waals surface area contributed by atoms with E-state index >= 15 is 0 Å². The fourth-order valence-corrected chi connectivity index (χ4v) is 3.26. The first-order valence-corrected chi connectivity index (χ1v) is 9.47. The van der Waals surface area contributed by atoms with Crippen molar-refractivity contribution in [3.63, 3.8) is 0 Å². The van der Waals surface area contributed by atoms with Crippen LogP contribution in [0, 0.1) is 4.91 Å². The van der Waals surface area contributed by atoms with Crippen molar-refractivity contribution in [2.45, 2.75) is 24.1 Å². The molecule has 1 aliphatic heterocycles. The van der Waals surface area contributed by atoms with Gasteiger partial charge in [-0.2, -0.15) is 15.3 Å². The summed E-state index contributed by atoms with van der Waals surface area (Å²) in [4.78, 5) is 9.26. The Kier molecular flexibility index (Phi) is 7.28. The molecule has 3 rings (SSSR count). The Balaban J connectivity index is 0.00000320. The molecule has 3 N–H and O–H groups in total. The second-order valence-electron chi connectivity index (χ2n) is 6.03. The van der Waals surface area contributed by atoms with Crippen LogP contribution in [0.25, 0.3) is 0 Å². The molecule has 0 fully saturated rings. The fraction of sp³-hybridized carbons (Fsp3) is 0.188. The minimum atomic E-state index is -5.18. The number of aliphatic hydroxyl groups is 1. The summed E-state index contributed by atoms with van der Waals surface area (Å²) in [5.74, 6) is -1.05. The van der Waals surface area contributed by atoms with Gasteiger partial charge in [0.05, 0.1) is 22.4 Å². The van der Waals surface area contributed by atoms with Gasteiger partial charge in [-0.15, -0.1) is 0 Å². The van der Waals surface area contributed by atoms with Crippen LogP contribution < -0.4 is 34.6 Å². The Morgan fingerprint density at radius 2 is 1.87 bits per heavy atom. The molecule has 1 heterocycles. The third-order valence-electron chi connectivity index (χ3n) is 4.07. The van der Waals surface area contributed by atoms with Crippen molar-refractivity contribution in [3.8, 4) is 5.75 Å². The van der Waals surface area contributed by atoms with Gasteiger partial charge in [-0.25, -0.2) is 18.6 Å². The van der Waals surface area contributed by atoms with Gasteiger partial charge >= 0.3 is 35.2 Å². The third-order valence-corrected chi connectivity index (χ3v) is 4.92. The molecule has 1 aliphatic rings. The maximum Gasteiger partial charge on any atom is 1.00 e. The second-order valence-corrected chi connectivity index (χ2v) is 7.38. The summed E-state index contributed by atoms with van der Waals surface area (Å²) in [6, 6.07) is 9.05. The summed E-state index contributed by atoms with van der Waals surface area (Å²) in [7, 11) is -5.18. The predicted molar refractivity (Wildman–Crippen MR) is 97.5 cm³/mol. The Morgan fingerprint density at radius 3 is 2.43 bits per heavy atom. The summed E-state index contributed by atoms with van der Waals surface area (Å²) in [6.45, 7) is 1.58. The Morgan fingerprint density at radius 1 is 1.23 bits per heavy atom. The molecular weight excluding hydrogens is 429 g/mol. The maximum atomic E-state index is 11.3. The zero-order valence-electron chi connectivity index (χ0n) is 15.8. The molecule has 0 amide bonds. The van der Waals surface area contributed by atoms with E-state index in [9.17, 15) is 28.1 Å². The number of anilines is 1. The molecule has 152 valence electrons. The molecule has 0 saturated carbocycles. The van der Waals surface area contributed by atoms with E-state index in [2.05, 4.69) is 15.3 Å². The van der Waals surface area contributed by atoms with E-state index < -0.39 is 49.3 Å². The van der Waals surface area contributed by atoms with Gasteiger partial charge in [0.25, 0.3) is 4.92 Å². The van der Waals surface area contributed by atoms with Crippen molar-refractivity contribution in [1.29, 1.82) is 0 Å². The molecule has 0 aromatic heterocycles. The molecule has 0 bridgehead atoms. The number of hydrazone groups is 1. The van der Waals surface area contributed by atoms with Crippen molar-refractivity contribution in [1.82, 2.24) is 0 Å². The summed E-state index contributed by atoms with van der Waals surface area (Å²) in [6.07, 6.45) is -1.25. The van der Waals surface area contributed by atoms with E-state index in [1.165, 1.54) is 5.01 Å². The number of nitrogens with zero attached hydrogens (tertiary/aromatic N) is 5. The molecule has 2 aromatic carbocycles. The largest absolute Gasteiger partial charge is 1.00 e. The van der Waals surface area contributed by atoms with Gasteiger partial charge in [0.1, 0.15) is 20.7 Å².